The van der Waals surface area contributed by atoms with E-state index in [4.69, 9.17) is 4.99 Å². The van der Waals surface area contributed by atoms with Crippen molar-refractivity contribution in [2.24, 2.45) is 4.99 Å². The van der Waals surface area contributed by atoms with Crippen LogP contribution in [0.4, 0.5) is 0 Å². The van der Waals surface area contributed by atoms with E-state index in [-0.39, 0.29) is 24.0 Å². The third-order valence-electron chi connectivity index (χ3n) is 3.68. The number of benzene rings is 1. The van der Waals surface area contributed by atoms with Gasteiger partial charge in [-0.05, 0) is 17.5 Å². The summed E-state index contributed by atoms with van der Waals surface area (Å²) in [6.07, 6.45) is 1.16. The summed E-state index contributed by atoms with van der Waals surface area (Å²) in [5.74, 6) is 1.03. The Labute approximate surface area is 145 Å². The van der Waals surface area contributed by atoms with Crippen LogP contribution in [-0.2, 0) is 13.0 Å². The minimum atomic E-state index is 0. The van der Waals surface area contributed by atoms with Gasteiger partial charge in [-0.25, -0.2) is 0 Å². The monoisotopic (exact) mass is 402 g/mol. The number of guanidine groups is 1. The van der Waals surface area contributed by atoms with E-state index in [1.165, 1.54) is 11.1 Å². The van der Waals surface area contributed by atoms with Gasteiger partial charge in [0.05, 0.1) is 6.54 Å². The number of hydrogen-bond acceptors (Lipinski definition) is 2. The van der Waals surface area contributed by atoms with Crippen molar-refractivity contribution < 1.29 is 0 Å². The van der Waals surface area contributed by atoms with E-state index in [0.29, 0.717) is 0 Å². The van der Waals surface area contributed by atoms with Crippen molar-refractivity contribution in [2.75, 3.05) is 47.8 Å². The third-order valence-corrected chi connectivity index (χ3v) is 3.68. The lowest BCUT2D eigenvalue weighted by Gasteiger charge is -2.28. The number of nitrogens with zero attached hydrogens (tertiary/aromatic N) is 4. The Kier molecular flexibility index (Phi) is 7.45. The fraction of sp³-hybridized carbons (Fsp3) is 0.562. The highest BCUT2D eigenvalue weighted by atomic mass is 127. The Balaban J connectivity index is 0.00000220. The minimum Gasteiger partial charge on any atom is -0.349 e. The predicted molar refractivity (Wildman–Crippen MR) is 101 cm³/mol. The number of halogens is 1. The zero-order valence-corrected chi connectivity index (χ0v) is 15.9. The van der Waals surface area contributed by atoms with Gasteiger partial charge in [-0.15, -0.1) is 24.0 Å². The van der Waals surface area contributed by atoms with Crippen molar-refractivity contribution in [3.63, 3.8) is 0 Å². The molecule has 0 spiro atoms. The topological polar surface area (TPSA) is 22.1 Å². The molecule has 0 amide bonds. The molecule has 0 aliphatic carbocycles. The molecule has 1 aliphatic heterocycles. The summed E-state index contributed by atoms with van der Waals surface area (Å²) < 4.78 is 0. The minimum absolute atomic E-state index is 0. The Morgan fingerprint density at radius 2 is 1.71 bits per heavy atom. The van der Waals surface area contributed by atoms with Crippen LogP contribution in [-0.4, -0.2) is 68.5 Å². The van der Waals surface area contributed by atoms with Gasteiger partial charge in [-0.2, -0.15) is 0 Å². The zero-order chi connectivity index (χ0) is 14.5. The first-order valence-corrected chi connectivity index (χ1v) is 7.26. The lowest BCUT2D eigenvalue weighted by Crippen LogP contribution is -2.37. The molecule has 1 aliphatic rings. The van der Waals surface area contributed by atoms with Crippen LogP contribution in [0.3, 0.4) is 0 Å². The molecule has 0 N–H and O–H groups in total. The quantitative estimate of drug-likeness (QED) is 0.440. The molecule has 0 unspecified atom stereocenters. The first-order valence-electron chi connectivity index (χ1n) is 7.26. The van der Waals surface area contributed by atoms with E-state index in [1.807, 2.05) is 28.2 Å². The van der Waals surface area contributed by atoms with Crippen LogP contribution in [0.2, 0.25) is 0 Å². The molecule has 0 saturated heterocycles. The highest BCUT2D eigenvalue weighted by molar-refractivity contribution is 14.0. The van der Waals surface area contributed by atoms with Crippen LogP contribution < -0.4 is 0 Å². The van der Waals surface area contributed by atoms with Crippen LogP contribution >= 0.6 is 24.0 Å². The fourth-order valence-electron chi connectivity index (χ4n) is 2.72. The molecule has 21 heavy (non-hydrogen) atoms. The Morgan fingerprint density at radius 1 is 1.10 bits per heavy atom. The summed E-state index contributed by atoms with van der Waals surface area (Å²) in [6, 6.07) is 8.77. The Bertz CT molecular complexity index is 461. The van der Waals surface area contributed by atoms with E-state index >= 15 is 0 Å². The molecule has 0 radical (unpaired) electrons. The van der Waals surface area contributed by atoms with E-state index in [2.05, 4.69) is 39.0 Å². The van der Waals surface area contributed by atoms with Gasteiger partial charge in [0, 0.05) is 47.8 Å². The standard InChI is InChI=1S/C16H26N4.HI/c1-18(2)16(19(3)4)17-10-12-20-11-9-14-7-5-6-8-15(14)13-20;/h5-8H,9-13H2,1-4H3;1H. The highest BCUT2D eigenvalue weighted by Gasteiger charge is 2.15. The number of aliphatic imine (C=N–C) groups is 1. The molecule has 2 rings (SSSR count). The second-order valence-corrected chi connectivity index (χ2v) is 5.77. The van der Waals surface area contributed by atoms with Crippen LogP contribution in [0.25, 0.3) is 0 Å². The van der Waals surface area contributed by atoms with Crippen molar-refractivity contribution in [3.8, 4) is 0 Å². The van der Waals surface area contributed by atoms with Crippen molar-refractivity contribution in [2.45, 2.75) is 13.0 Å². The van der Waals surface area contributed by atoms with Gasteiger partial charge in [0.1, 0.15) is 0 Å². The molecule has 0 saturated carbocycles. The number of rotatable bonds is 3. The molecule has 118 valence electrons. The first-order chi connectivity index (χ1) is 9.58. The smallest absolute Gasteiger partial charge is 0.195 e. The summed E-state index contributed by atoms with van der Waals surface area (Å²) in [6.45, 7) is 4.09. The van der Waals surface area contributed by atoms with E-state index in [0.717, 1.165) is 38.6 Å². The fourth-order valence-corrected chi connectivity index (χ4v) is 2.72. The summed E-state index contributed by atoms with van der Waals surface area (Å²) >= 11 is 0. The van der Waals surface area contributed by atoms with E-state index in [1.54, 1.807) is 0 Å². The molecule has 1 heterocycles. The van der Waals surface area contributed by atoms with Gasteiger partial charge in [-0.3, -0.25) is 9.89 Å². The molecular formula is C16H27IN4. The van der Waals surface area contributed by atoms with Crippen molar-refractivity contribution in [1.82, 2.24) is 14.7 Å². The first kappa shape index (κ1) is 18.2. The molecule has 0 aromatic heterocycles. The Morgan fingerprint density at radius 3 is 2.33 bits per heavy atom. The van der Waals surface area contributed by atoms with Gasteiger partial charge in [0.25, 0.3) is 0 Å². The van der Waals surface area contributed by atoms with Crippen molar-refractivity contribution in [3.05, 3.63) is 35.4 Å². The van der Waals surface area contributed by atoms with Gasteiger partial charge >= 0.3 is 0 Å². The maximum absolute atomic E-state index is 4.70. The second-order valence-electron chi connectivity index (χ2n) is 5.77. The SMILES string of the molecule is CN(C)C(=NCCN1CCc2ccccc2C1)N(C)C.I. The normalized spacial score (nSPS) is 13.9. The van der Waals surface area contributed by atoms with Gasteiger partial charge < -0.3 is 9.80 Å². The molecule has 0 fully saturated rings. The number of fused-ring (bicyclic) bond motifs is 1. The number of hydrogen-bond donors (Lipinski definition) is 0. The van der Waals surface area contributed by atoms with Crippen LogP contribution in [0.5, 0.6) is 0 Å². The van der Waals surface area contributed by atoms with Crippen LogP contribution in [0.15, 0.2) is 29.3 Å². The summed E-state index contributed by atoms with van der Waals surface area (Å²) in [4.78, 5) is 11.3. The van der Waals surface area contributed by atoms with E-state index in [9.17, 15) is 0 Å². The molecule has 0 bridgehead atoms. The molecule has 1 aromatic carbocycles. The third kappa shape index (κ3) is 5.14. The highest BCUT2D eigenvalue weighted by Crippen LogP contribution is 2.17. The van der Waals surface area contributed by atoms with Gasteiger partial charge in [-0.1, -0.05) is 24.3 Å². The molecule has 0 atom stereocenters. The molecular weight excluding hydrogens is 375 g/mol. The lowest BCUT2D eigenvalue weighted by atomic mass is 10.00. The summed E-state index contributed by atoms with van der Waals surface area (Å²) in [7, 11) is 8.15. The van der Waals surface area contributed by atoms with Crippen LogP contribution in [0, 0.1) is 0 Å². The second kappa shape index (κ2) is 8.58. The molecule has 1 aromatic rings. The van der Waals surface area contributed by atoms with Crippen molar-refractivity contribution >= 4 is 29.9 Å². The van der Waals surface area contributed by atoms with Crippen molar-refractivity contribution in [1.29, 1.82) is 0 Å². The van der Waals surface area contributed by atoms with Gasteiger partial charge in [0.2, 0.25) is 0 Å². The Hall–Kier alpha value is -0.820. The largest absolute Gasteiger partial charge is 0.349 e. The summed E-state index contributed by atoms with van der Waals surface area (Å²) in [5.41, 5.74) is 2.98. The molecule has 5 heteroatoms. The average molecular weight is 402 g/mol. The maximum Gasteiger partial charge on any atom is 0.195 e. The average Bonchev–Trinajstić information content (AvgIpc) is 2.42. The lowest BCUT2D eigenvalue weighted by molar-refractivity contribution is 0.261. The van der Waals surface area contributed by atoms with Crippen LogP contribution in [0.1, 0.15) is 11.1 Å². The zero-order valence-electron chi connectivity index (χ0n) is 13.5. The van der Waals surface area contributed by atoms with Gasteiger partial charge in [0.15, 0.2) is 5.96 Å². The van der Waals surface area contributed by atoms with E-state index < -0.39 is 0 Å². The maximum atomic E-state index is 4.70. The summed E-state index contributed by atoms with van der Waals surface area (Å²) in [5, 5.41) is 0. The predicted octanol–water partition coefficient (Wildman–Crippen LogP) is 2.14. The molecule has 4 nitrogen and oxygen atoms in total.